The highest BCUT2D eigenvalue weighted by Gasteiger charge is 2.19. The molecule has 66 heavy (non-hydrogen) atoms. The molecule has 392 valence electrons. The zero-order valence-corrected chi connectivity index (χ0v) is 45.2. The average Bonchev–Trinajstić information content (AvgIpc) is 3.30. The van der Waals surface area contributed by atoms with Gasteiger partial charge in [-0.15, -0.1) is 0 Å². The number of esters is 3. The first-order valence-electron chi connectivity index (χ1n) is 29.9. The van der Waals surface area contributed by atoms with Crippen molar-refractivity contribution in [2.75, 3.05) is 13.2 Å². The maximum Gasteiger partial charge on any atom is 0.306 e. The van der Waals surface area contributed by atoms with Crippen molar-refractivity contribution in [1.82, 2.24) is 0 Å². The fraction of sp³-hybridized carbons (Fsp3) is 0.950. The van der Waals surface area contributed by atoms with Crippen molar-refractivity contribution in [2.24, 2.45) is 5.92 Å². The van der Waals surface area contributed by atoms with Gasteiger partial charge in [0, 0.05) is 19.3 Å². The zero-order chi connectivity index (χ0) is 48.1. The highest BCUT2D eigenvalue weighted by atomic mass is 16.6. The van der Waals surface area contributed by atoms with Crippen LogP contribution in [0.3, 0.4) is 0 Å². The summed E-state index contributed by atoms with van der Waals surface area (Å²) in [6.07, 6.45) is 59.5. The Morgan fingerprint density at radius 3 is 0.742 bits per heavy atom. The van der Waals surface area contributed by atoms with Crippen molar-refractivity contribution in [1.29, 1.82) is 0 Å². The van der Waals surface area contributed by atoms with Gasteiger partial charge in [-0.25, -0.2) is 0 Å². The molecule has 0 amide bonds. The highest BCUT2D eigenvalue weighted by Crippen LogP contribution is 2.18. The van der Waals surface area contributed by atoms with Crippen molar-refractivity contribution >= 4 is 17.9 Å². The van der Waals surface area contributed by atoms with Crippen LogP contribution < -0.4 is 0 Å². The van der Waals surface area contributed by atoms with E-state index in [4.69, 9.17) is 14.2 Å². The van der Waals surface area contributed by atoms with Gasteiger partial charge in [0.15, 0.2) is 6.10 Å². The van der Waals surface area contributed by atoms with Crippen LogP contribution in [-0.2, 0) is 28.6 Å². The number of unbranched alkanes of at least 4 members (excludes halogenated alkanes) is 42. The number of ether oxygens (including phenoxy) is 3. The lowest BCUT2D eigenvalue weighted by atomic mass is 10.0. The molecule has 6 nitrogen and oxygen atoms in total. The second-order valence-corrected chi connectivity index (χ2v) is 21.1. The minimum Gasteiger partial charge on any atom is -0.462 e. The van der Waals surface area contributed by atoms with E-state index >= 15 is 0 Å². The Labute approximate surface area is 412 Å². The van der Waals surface area contributed by atoms with Crippen LogP contribution in [0, 0.1) is 5.92 Å². The van der Waals surface area contributed by atoms with Crippen LogP contribution in [0.2, 0.25) is 0 Å². The van der Waals surface area contributed by atoms with Gasteiger partial charge in [-0.2, -0.15) is 0 Å². The maximum absolute atomic E-state index is 12.8. The third kappa shape index (κ3) is 53.4. The topological polar surface area (TPSA) is 78.9 Å². The summed E-state index contributed by atoms with van der Waals surface area (Å²) in [5, 5.41) is 0. The summed E-state index contributed by atoms with van der Waals surface area (Å²) in [5.41, 5.74) is 0. The first kappa shape index (κ1) is 64.4. The minimum absolute atomic E-state index is 0.0615. The predicted octanol–water partition coefficient (Wildman–Crippen LogP) is 19.8. The molecule has 0 fully saturated rings. The van der Waals surface area contributed by atoms with Gasteiger partial charge in [-0.3, -0.25) is 14.4 Å². The van der Waals surface area contributed by atoms with Gasteiger partial charge < -0.3 is 14.2 Å². The van der Waals surface area contributed by atoms with E-state index in [1.807, 2.05) is 0 Å². The van der Waals surface area contributed by atoms with E-state index in [-0.39, 0.29) is 31.1 Å². The van der Waals surface area contributed by atoms with Gasteiger partial charge in [-0.1, -0.05) is 304 Å². The number of carbonyl (C=O) groups excluding carboxylic acids is 3. The molecule has 0 unspecified atom stereocenters. The molecule has 0 saturated heterocycles. The van der Waals surface area contributed by atoms with Crippen LogP contribution in [0.4, 0.5) is 0 Å². The molecule has 0 N–H and O–H groups in total. The summed E-state index contributed by atoms with van der Waals surface area (Å²) in [5.74, 6) is 0.0167. The summed E-state index contributed by atoms with van der Waals surface area (Å²) in [6, 6.07) is 0. The van der Waals surface area contributed by atoms with E-state index in [0.29, 0.717) is 19.3 Å². The molecule has 0 heterocycles. The summed E-state index contributed by atoms with van der Waals surface area (Å²) in [7, 11) is 0. The Bertz CT molecular complexity index is 996. The second-order valence-electron chi connectivity index (χ2n) is 21.1. The van der Waals surface area contributed by atoms with E-state index in [9.17, 15) is 14.4 Å². The van der Waals surface area contributed by atoms with Crippen molar-refractivity contribution in [3.63, 3.8) is 0 Å². The largest absolute Gasteiger partial charge is 0.462 e. The fourth-order valence-electron chi connectivity index (χ4n) is 9.28. The molecule has 0 aliphatic rings. The van der Waals surface area contributed by atoms with E-state index in [0.717, 1.165) is 63.7 Å². The first-order chi connectivity index (χ1) is 32.4. The maximum atomic E-state index is 12.8. The van der Waals surface area contributed by atoms with Gasteiger partial charge in [0.05, 0.1) is 0 Å². The molecule has 0 aromatic heterocycles. The lowest BCUT2D eigenvalue weighted by Crippen LogP contribution is -2.30. The summed E-state index contributed by atoms with van der Waals surface area (Å²) in [4.78, 5) is 38.2. The molecule has 0 aliphatic carbocycles. The van der Waals surface area contributed by atoms with Crippen molar-refractivity contribution in [2.45, 2.75) is 348 Å². The van der Waals surface area contributed by atoms with Crippen LogP contribution in [0.5, 0.6) is 0 Å². The Morgan fingerprint density at radius 2 is 0.500 bits per heavy atom. The Kier molecular flexibility index (Phi) is 53.0. The van der Waals surface area contributed by atoms with Crippen molar-refractivity contribution < 1.29 is 28.6 Å². The normalized spacial score (nSPS) is 12.0. The van der Waals surface area contributed by atoms with E-state index in [1.54, 1.807) is 0 Å². The monoisotopic (exact) mass is 933 g/mol. The molecule has 0 rings (SSSR count). The van der Waals surface area contributed by atoms with E-state index in [2.05, 4.69) is 27.7 Å². The Balaban J connectivity index is 4.26. The van der Waals surface area contributed by atoms with Crippen LogP contribution in [0.15, 0.2) is 0 Å². The van der Waals surface area contributed by atoms with Gasteiger partial charge in [0.25, 0.3) is 0 Å². The van der Waals surface area contributed by atoms with Gasteiger partial charge in [-0.05, 0) is 25.2 Å². The number of rotatable bonds is 55. The van der Waals surface area contributed by atoms with Gasteiger partial charge in [0.1, 0.15) is 13.2 Å². The molecular weight excluding hydrogens is 817 g/mol. The minimum atomic E-state index is -0.762. The third-order valence-electron chi connectivity index (χ3n) is 13.8. The highest BCUT2D eigenvalue weighted by molar-refractivity contribution is 5.71. The predicted molar refractivity (Wildman–Crippen MR) is 284 cm³/mol. The van der Waals surface area contributed by atoms with Gasteiger partial charge in [0.2, 0.25) is 0 Å². The van der Waals surface area contributed by atoms with E-state index in [1.165, 1.54) is 238 Å². The Morgan fingerprint density at radius 1 is 0.288 bits per heavy atom. The number of hydrogen-bond donors (Lipinski definition) is 0. The first-order valence-corrected chi connectivity index (χ1v) is 29.9. The fourth-order valence-corrected chi connectivity index (χ4v) is 9.28. The molecule has 0 aromatic carbocycles. The Hall–Kier alpha value is -1.59. The molecule has 1 atom stereocenters. The molecule has 0 aliphatic heterocycles. The zero-order valence-electron chi connectivity index (χ0n) is 45.2. The quantitative estimate of drug-likeness (QED) is 0.0343. The molecular formula is C60H116O6. The summed E-state index contributed by atoms with van der Waals surface area (Å²) in [6.45, 7) is 9.08. The number of hydrogen-bond acceptors (Lipinski definition) is 6. The number of carbonyl (C=O) groups is 3. The van der Waals surface area contributed by atoms with Gasteiger partial charge >= 0.3 is 17.9 Å². The SMILES string of the molecule is CCCCCCCCCCCCCCCCCCCC(=O)OC[C@@H](COC(=O)CCCCCCCCCCCCCCCCCC(C)C)OC(=O)CCCCCCCCCCCCCCC. The molecule has 0 radical (unpaired) electrons. The standard InChI is InChI=1S/C60H116O6/c1-5-7-9-11-13-15-17-19-20-21-24-28-31-35-39-43-47-51-58(61)64-54-57(66-60(63)53-49-45-41-37-33-26-18-16-14-12-10-8-6-2)55-65-59(62)52-48-44-40-36-32-29-25-22-23-27-30-34-38-42-46-50-56(3)4/h56-57H,5-55H2,1-4H3/t57-/m0/s1. The van der Waals surface area contributed by atoms with Crippen LogP contribution in [0.1, 0.15) is 342 Å². The summed E-state index contributed by atoms with van der Waals surface area (Å²) < 4.78 is 16.9. The average molecular weight is 934 g/mol. The molecule has 6 heteroatoms. The molecule has 0 aromatic rings. The molecule has 0 saturated carbocycles. The smallest absolute Gasteiger partial charge is 0.306 e. The molecule has 0 bridgehead atoms. The molecule has 0 spiro atoms. The third-order valence-corrected chi connectivity index (χ3v) is 13.8. The van der Waals surface area contributed by atoms with Crippen LogP contribution in [0.25, 0.3) is 0 Å². The van der Waals surface area contributed by atoms with Crippen molar-refractivity contribution in [3.05, 3.63) is 0 Å². The van der Waals surface area contributed by atoms with E-state index < -0.39 is 6.10 Å². The summed E-state index contributed by atoms with van der Waals surface area (Å²) >= 11 is 0. The second kappa shape index (κ2) is 54.4. The van der Waals surface area contributed by atoms with Crippen LogP contribution >= 0.6 is 0 Å². The van der Waals surface area contributed by atoms with Crippen LogP contribution in [-0.4, -0.2) is 37.2 Å². The lowest BCUT2D eigenvalue weighted by molar-refractivity contribution is -0.167. The lowest BCUT2D eigenvalue weighted by Gasteiger charge is -2.18. The van der Waals surface area contributed by atoms with Crippen molar-refractivity contribution in [3.8, 4) is 0 Å².